The Morgan fingerprint density at radius 3 is 2.86 bits per heavy atom. The molecule has 4 rings (SSSR count). The van der Waals surface area contributed by atoms with E-state index in [1.54, 1.807) is 6.20 Å². The number of pyridine rings is 1. The van der Waals surface area contributed by atoms with Gasteiger partial charge in [0.15, 0.2) is 17.3 Å². The normalized spacial score (nSPS) is 16.4. The molecule has 0 bridgehead atoms. The number of carboxylic acid groups (broad SMARTS) is 1. The number of carbonyl (C=O) groups excluding carboxylic acids is 1. The highest BCUT2D eigenvalue weighted by Crippen LogP contribution is 2.28. The summed E-state index contributed by atoms with van der Waals surface area (Å²) in [7, 11) is 0. The first-order valence-electron chi connectivity index (χ1n) is 9.18. The number of hydrogen-bond donors (Lipinski definition) is 3. The van der Waals surface area contributed by atoms with Crippen LogP contribution in [0, 0.1) is 5.92 Å². The third-order valence-electron chi connectivity index (χ3n) is 5.04. The van der Waals surface area contributed by atoms with Gasteiger partial charge in [-0.3, -0.25) is 9.78 Å². The number of nitrogens with zero attached hydrogens (tertiary/aromatic N) is 6. The predicted octanol–water partition coefficient (Wildman–Crippen LogP) is 0.813. The van der Waals surface area contributed by atoms with Crippen molar-refractivity contribution in [2.75, 3.05) is 25.4 Å². The lowest BCUT2D eigenvalue weighted by molar-refractivity contribution is 0.0948. The Morgan fingerprint density at radius 2 is 2.21 bits per heavy atom. The van der Waals surface area contributed by atoms with Crippen LogP contribution in [-0.2, 0) is 6.54 Å². The number of rotatable bonds is 5. The predicted molar refractivity (Wildman–Crippen MR) is 101 cm³/mol. The molecule has 0 aromatic carbocycles. The van der Waals surface area contributed by atoms with Crippen molar-refractivity contribution in [3.63, 3.8) is 0 Å². The average molecular weight is 400 g/mol. The standard InChI is InChI=1S/C17H20N8O4/c1-2-25-13-10(16(26)20-5-9-3-4-24(8-9)17(27)28)6-19-7-11(13)21-15(25)12-14(18)23-29-22-12/h6-7,9H,2-5,8H2,1H3,(H2,18,23)(H,20,26)(H,27,28)/t9-/m1/s1. The molecule has 2 amide bonds. The van der Waals surface area contributed by atoms with Crippen LogP contribution in [0.25, 0.3) is 22.6 Å². The van der Waals surface area contributed by atoms with Crippen molar-refractivity contribution in [1.29, 1.82) is 0 Å². The van der Waals surface area contributed by atoms with Gasteiger partial charge in [-0.1, -0.05) is 0 Å². The summed E-state index contributed by atoms with van der Waals surface area (Å²) in [5.74, 6) is 0.327. The van der Waals surface area contributed by atoms with Crippen LogP contribution in [0.1, 0.15) is 23.7 Å². The van der Waals surface area contributed by atoms with Crippen LogP contribution in [0.4, 0.5) is 10.6 Å². The van der Waals surface area contributed by atoms with Crippen molar-refractivity contribution in [2.24, 2.45) is 5.92 Å². The minimum Gasteiger partial charge on any atom is -0.465 e. The fraction of sp³-hybridized carbons (Fsp3) is 0.412. The number of likely N-dealkylation sites (tertiary alicyclic amines) is 1. The second-order valence-electron chi connectivity index (χ2n) is 6.83. The number of nitrogens with two attached hydrogens (primary N) is 1. The van der Waals surface area contributed by atoms with Gasteiger partial charge in [0, 0.05) is 32.4 Å². The Hall–Kier alpha value is -3.70. The van der Waals surface area contributed by atoms with Crippen molar-refractivity contribution in [3.05, 3.63) is 18.0 Å². The summed E-state index contributed by atoms with van der Waals surface area (Å²) in [5, 5.41) is 19.3. The second-order valence-corrected chi connectivity index (χ2v) is 6.83. The third kappa shape index (κ3) is 3.32. The number of carbonyl (C=O) groups is 2. The first kappa shape index (κ1) is 18.7. The summed E-state index contributed by atoms with van der Waals surface area (Å²) < 4.78 is 6.48. The summed E-state index contributed by atoms with van der Waals surface area (Å²) in [5.41, 5.74) is 7.60. The summed E-state index contributed by atoms with van der Waals surface area (Å²) in [6, 6.07) is 0. The largest absolute Gasteiger partial charge is 0.465 e. The van der Waals surface area contributed by atoms with Crippen LogP contribution in [0.5, 0.6) is 0 Å². The Labute approximate surface area is 164 Å². The monoisotopic (exact) mass is 400 g/mol. The molecule has 3 aromatic heterocycles. The maximum atomic E-state index is 12.9. The van der Waals surface area contributed by atoms with E-state index in [4.69, 9.17) is 10.8 Å². The van der Waals surface area contributed by atoms with Crippen molar-refractivity contribution < 1.29 is 19.3 Å². The molecular formula is C17H20N8O4. The van der Waals surface area contributed by atoms with Gasteiger partial charge in [-0.15, -0.1) is 0 Å². The highest BCUT2D eigenvalue weighted by molar-refractivity contribution is 6.05. The van der Waals surface area contributed by atoms with Gasteiger partial charge >= 0.3 is 6.09 Å². The molecule has 0 aliphatic carbocycles. The van der Waals surface area contributed by atoms with E-state index in [-0.39, 0.29) is 17.6 Å². The molecule has 12 heteroatoms. The molecule has 1 fully saturated rings. The van der Waals surface area contributed by atoms with Crippen molar-refractivity contribution in [3.8, 4) is 11.5 Å². The lowest BCUT2D eigenvalue weighted by Gasteiger charge is -2.13. The number of aromatic nitrogens is 5. The molecule has 152 valence electrons. The fourth-order valence-corrected chi connectivity index (χ4v) is 3.60. The van der Waals surface area contributed by atoms with E-state index in [0.29, 0.717) is 60.7 Å². The van der Waals surface area contributed by atoms with E-state index >= 15 is 0 Å². The van der Waals surface area contributed by atoms with Crippen LogP contribution in [-0.4, -0.2) is 66.5 Å². The molecule has 1 saturated heterocycles. The molecule has 4 N–H and O–H groups in total. The lowest BCUT2D eigenvalue weighted by Crippen LogP contribution is -2.32. The van der Waals surface area contributed by atoms with Gasteiger partial charge in [0.25, 0.3) is 5.91 Å². The maximum absolute atomic E-state index is 12.9. The number of aryl methyl sites for hydroxylation is 1. The molecular weight excluding hydrogens is 380 g/mol. The molecule has 12 nitrogen and oxygen atoms in total. The van der Waals surface area contributed by atoms with Crippen LogP contribution in [0.15, 0.2) is 17.0 Å². The SMILES string of the molecule is CCn1c(-c2nonc2N)nc2cncc(C(=O)NC[C@H]3CCN(C(=O)O)C3)c21. The van der Waals surface area contributed by atoms with Crippen LogP contribution in [0.2, 0.25) is 0 Å². The Balaban J connectivity index is 1.61. The molecule has 3 aromatic rings. The number of amides is 2. The Bertz CT molecular complexity index is 1070. The number of fused-ring (bicyclic) bond motifs is 1. The number of nitrogens with one attached hydrogen (secondary N) is 1. The van der Waals surface area contributed by atoms with Crippen LogP contribution < -0.4 is 11.1 Å². The molecule has 29 heavy (non-hydrogen) atoms. The van der Waals surface area contributed by atoms with Gasteiger partial charge in [0.2, 0.25) is 0 Å². The molecule has 4 heterocycles. The third-order valence-corrected chi connectivity index (χ3v) is 5.04. The van der Waals surface area contributed by atoms with Gasteiger partial charge in [-0.2, -0.15) is 0 Å². The zero-order chi connectivity index (χ0) is 20.5. The molecule has 0 radical (unpaired) electrons. The highest BCUT2D eigenvalue weighted by Gasteiger charge is 2.27. The minimum atomic E-state index is -0.936. The number of anilines is 1. The van der Waals surface area contributed by atoms with Gasteiger partial charge < -0.3 is 25.6 Å². The zero-order valence-corrected chi connectivity index (χ0v) is 15.7. The summed E-state index contributed by atoms with van der Waals surface area (Å²) >= 11 is 0. The van der Waals surface area contributed by atoms with E-state index in [9.17, 15) is 9.59 Å². The highest BCUT2D eigenvalue weighted by atomic mass is 16.6. The summed E-state index contributed by atoms with van der Waals surface area (Å²) in [6.45, 7) is 3.69. The molecule has 0 spiro atoms. The lowest BCUT2D eigenvalue weighted by atomic mass is 10.1. The van der Waals surface area contributed by atoms with Crippen molar-refractivity contribution in [1.82, 2.24) is 35.1 Å². The Morgan fingerprint density at radius 1 is 1.38 bits per heavy atom. The fourth-order valence-electron chi connectivity index (χ4n) is 3.60. The van der Waals surface area contributed by atoms with Crippen LogP contribution in [0.3, 0.4) is 0 Å². The molecule has 0 unspecified atom stereocenters. The maximum Gasteiger partial charge on any atom is 0.407 e. The van der Waals surface area contributed by atoms with Crippen molar-refractivity contribution >= 4 is 28.9 Å². The minimum absolute atomic E-state index is 0.0786. The van der Waals surface area contributed by atoms with Gasteiger partial charge in [-0.05, 0) is 29.6 Å². The summed E-state index contributed by atoms with van der Waals surface area (Å²) in [4.78, 5) is 33.9. The first-order valence-corrected chi connectivity index (χ1v) is 9.18. The van der Waals surface area contributed by atoms with E-state index in [0.717, 1.165) is 0 Å². The van der Waals surface area contributed by atoms with Gasteiger partial charge in [-0.25, -0.2) is 14.4 Å². The van der Waals surface area contributed by atoms with Crippen molar-refractivity contribution in [2.45, 2.75) is 19.9 Å². The molecule has 1 aliphatic heterocycles. The number of hydrogen-bond acceptors (Lipinski definition) is 8. The number of nitrogen functional groups attached to an aromatic ring is 1. The van der Waals surface area contributed by atoms with E-state index < -0.39 is 6.09 Å². The van der Waals surface area contributed by atoms with E-state index in [1.807, 2.05) is 11.5 Å². The van der Waals surface area contributed by atoms with Gasteiger partial charge in [0.05, 0.1) is 17.3 Å². The van der Waals surface area contributed by atoms with E-state index in [1.165, 1.54) is 11.1 Å². The zero-order valence-electron chi connectivity index (χ0n) is 15.7. The first-order chi connectivity index (χ1) is 14.0. The Kier molecular flexibility index (Phi) is 4.74. The van der Waals surface area contributed by atoms with Crippen LogP contribution >= 0.6 is 0 Å². The topological polar surface area (TPSA) is 165 Å². The quantitative estimate of drug-likeness (QED) is 0.562. The molecule has 1 aliphatic rings. The smallest absolute Gasteiger partial charge is 0.407 e. The molecule has 0 saturated carbocycles. The van der Waals surface area contributed by atoms with E-state index in [2.05, 4.69) is 30.2 Å². The molecule has 1 atom stereocenters. The number of imidazole rings is 1. The summed E-state index contributed by atoms with van der Waals surface area (Å²) in [6.07, 6.45) is 2.82. The van der Waals surface area contributed by atoms with Gasteiger partial charge in [0.1, 0.15) is 5.52 Å². The second kappa shape index (κ2) is 7.37. The average Bonchev–Trinajstić information content (AvgIpc) is 3.43.